The highest BCUT2D eigenvalue weighted by Crippen LogP contribution is 2.20. The van der Waals surface area contributed by atoms with E-state index in [1.165, 1.54) is 5.56 Å². The molecule has 1 aliphatic heterocycles. The summed E-state index contributed by atoms with van der Waals surface area (Å²) in [5.74, 6) is 1.41. The summed E-state index contributed by atoms with van der Waals surface area (Å²) < 4.78 is 11.2. The van der Waals surface area contributed by atoms with Crippen LogP contribution in [0.3, 0.4) is 0 Å². The van der Waals surface area contributed by atoms with Crippen LogP contribution in [0.2, 0.25) is 0 Å². The van der Waals surface area contributed by atoms with Crippen molar-refractivity contribution in [1.82, 2.24) is 0 Å². The first kappa shape index (κ1) is 12.4. The molecule has 0 aliphatic carbocycles. The van der Waals surface area contributed by atoms with Gasteiger partial charge >= 0.3 is 0 Å². The molecule has 0 spiro atoms. The number of aryl methyl sites for hydroxylation is 1. The van der Waals surface area contributed by atoms with Crippen molar-refractivity contribution in [1.29, 1.82) is 0 Å². The summed E-state index contributed by atoms with van der Waals surface area (Å²) in [6, 6.07) is 8.22. The minimum Gasteiger partial charge on any atom is -0.492 e. The van der Waals surface area contributed by atoms with Gasteiger partial charge in [0, 0.05) is 18.6 Å². The van der Waals surface area contributed by atoms with Crippen molar-refractivity contribution in [3.8, 4) is 5.75 Å². The Kier molecular flexibility index (Phi) is 4.40. The molecule has 1 aromatic carbocycles. The molecule has 1 aromatic rings. The summed E-state index contributed by atoms with van der Waals surface area (Å²) in [6.07, 6.45) is 2.04. The Balaban J connectivity index is 1.88. The molecule has 0 amide bonds. The highest BCUT2D eigenvalue weighted by atomic mass is 16.5. The smallest absolute Gasteiger partial charge is 0.122 e. The summed E-state index contributed by atoms with van der Waals surface area (Å²) in [5.41, 5.74) is 7.35. The summed E-state index contributed by atoms with van der Waals surface area (Å²) in [7, 11) is 0. The molecule has 0 saturated carbocycles. The highest BCUT2D eigenvalue weighted by Gasteiger charge is 2.23. The molecule has 2 rings (SSSR count). The number of para-hydroxylation sites is 1. The second kappa shape index (κ2) is 6.03. The van der Waals surface area contributed by atoms with Crippen LogP contribution in [0.5, 0.6) is 5.75 Å². The van der Waals surface area contributed by atoms with Crippen LogP contribution >= 0.6 is 0 Å². The summed E-state index contributed by atoms with van der Waals surface area (Å²) in [4.78, 5) is 0. The zero-order chi connectivity index (χ0) is 12.1. The topological polar surface area (TPSA) is 44.5 Å². The van der Waals surface area contributed by atoms with Crippen molar-refractivity contribution in [3.63, 3.8) is 0 Å². The van der Waals surface area contributed by atoms with E-state index in [9.17, 15) is 0 Å². The molecule has 2 atom stereocenters. The van der Waals surface area contributed by atoms with Gasteiger partial charge in [0.1, 0.15) is 12.4 Å². The van der Waals surface area contributed by atoms with Gasteiger partial charge in [-0.1, -0.05) is 25.1 Å². The van der Waals surface area contributed by atoms with Crippen molar-refractivity contribution in [2.75, 3.05) is 19.8 Å². The van der Waals surface area contributed by atoms with Crippen molar-refractivity contribution in [3.05, 3.63) is 29.8 Å². The SMILES string of the molecule is CCc1ccccc1OCC(N)C1CCOC1. The van der Waals surface area contributed by atoms with E-state index in [0.717, 1.165) is 31.8 Å². The van der Waals surface area contributed by atoms with E-state index in [1.807, 2.05) is 18.2 Å². The van der Waals surface area contributed by atoms with Gasteiger partial charge in [-0.3, -0.25) is 0 Å². The Hall–Kier alpha value is -1.06. The van der Waals surface area contributed by atoms with Crippen LogP contribution in [0.1, 0.15) is 18.9 Å². The van der Waals surface area contributed by atoms with Crippen molar-refractivity contribution in [2.45, 2.75) is 25.8 Å². The van der Waals surface area contributed by atoms with Crippen LogP contribution in [0.25, 0.3) is 0 Å². The van der Waals surface area contributed by atoms with Gasteiger partial charge in [-0.25, -0.2) is 0 Å². The molecule has 94 valence electrons. The minimum atomic E-state index is 0.0717. The number of hydrogen-bond donors (Lipinski definition) is 1. The molecular formula is C14H21NO2. The predicted molar refractivity (Wildman–Crippen MR) is 68.2 cm³/mol. The molecular weight excluding hydrogens is 214 g/mol. The Morgan fingerprint density at radius 2 is 2.29 bits per heavy atom. The molecule has 1 aliphatic rings. The van der Waals surface area contributed by atoms with E-state index in [0.29, 0.717) is 12.5 Å². The predicted octanol–water partition coefficient (Wildman–Crippen LogP) is 1.99. The largest absolute Gasteiger partial charge is 0.492 e. The number of ether oxygens (including phenoxy) is 2. The third-order valence-electron chi connectivity index (χ3n) is 3.36. The van der Waals surface area contributed by atoms with E-state index in [-0.39, 0.29) is 6.04 Å². The molecule has 1 heterocycles. The number of nitrogens with two attached hydrogens (primary N) is 1. The number of benzene rings is 1. The maximum absolute atomic E-state index is 6.11. The van der Waals surface area contributed by atoms with E-state index >= 15 is 0 Å². The van der Waals surface area contributed by atoms with Gasteiger partial charge < -0.3 is 15.2 Å². The molecule has 1 saturated heterocycles. The van der Waals surface area contributed by atoms with Crippen molar-refractivity contribution >= 4 is 0 Å². The normalized spacial score (nSPS) is 21.4. The standard InChI is InChI=1S/C14H21NO2/c1-2-11-5-3-4-6-14(11)17-10-13(15)12-7-8-16-9-12/h3-6,12-13H,2,7-10,15H2,1H3. The molecule has 3 heteroatoms. The second-order valence-corrected chi connectivity index (χ2v) is 4.56. The van der Waals surface area contributed by atoms with Crippen LogP contribution in [-0.2, 0) is 11.2 Å². The van der Waals surface area contributed by atoms with E-state index < -0.39 is 0 Å². The first-order chi connectivity index (χ1) is 8.31. The van der Waals surface area contributed by atoms with Gasteiger partial charge in [-0.15, -0.1) is 0 Å². The van der Waals surface area contributed by atoms with Crippen molar-refractivity contribution in [2.24, 2.45) is 11.7 Å². The number of rotatable bonds is 5. The quantitative estimate of drug-likeness (QED) is 0.849. The van der Waals surface area contributed by atoms with Crippen molar-refractivity contribution < 1.29 is 9.47 Å². The maximum Gasteiger partial charge on any atom is 0.122 e. The Morgan fingerprint density at radius 3 is 3.00 bits per heavy atom. The molecule has 1 fully saturated rings. The molecule has 17 heavy (non-hydrogen) atoms. The van der Waals surface area contributed by atoms with Gasteiger partial charge in [0.05, 0.1) is 6.61 Å². The molecule has 0 radical (unpaired) electrons. The maximum atomic E-state index is 6.11. The van der Waals surface area contributed by atoms with Gasteiger partial charge in [0.2, 0.25) is 0 Å². The van der Waals surface area contributed by atoms with E-state index in [4.69, 9.17) is 15.2 Å². The van der Waals surface area contributed by atoms with Gasteiger partial charge in [-0.2, -0.15) is 0 Å². The highest BCUT2D eigenvalue weighted by molar-refractivity contribution is 5.33. The van der Waals surface area contributed by atoms with Crippen LogP contribution in [0, 0.1) is 5.92 Å². The lowest BCUT2D eigenvalue weighted by Gasteiger charge is -2.19. The van der Waals surface area contributed by atoms with Gasteiger partial charge in [0.15, 0.2) is 0 Å². The summed E-state index contributed by atoms with van der Waals surface area (Å²) in [5, 5.41) is 0. The van der Waals surface area contributed by atoms with E-state index in [2.05, 4.69) is 13.0 Å². The van der Waals surface area contributed by atoms with Crippen LogP contribution in [0.15, 0.2) is 24.3 Å². The van der Waals surface area contributed by atoms with Crippen LogP contribution < -0.4 is 10.5 Å². The lowest BCUT2D eigenvalue weighted by Crippen LogP contribution is -2.36. The third kappa shape index (κ3) is 3.20. The van der Waals surface area contributed by atoms with Gasteiger partial charge in [0.25, 0.3) is 0 Å². The van der Waals surface area contributed by atoms with Crippen LogP contribution in [-0.4, -0.2) is 25.9 Å². The fraction of sp³-hybridized carbons (Fsp3) is 0.571. The van der Waals surface area contributed by atoms with Gasteiger partial charge in [-0.05, 0) is 24.5 Å². The lowest BCUT2D eigenvalue weighted by atomic mass is 10.0. The first-order valence-electron chi connectivity index (χ1n) is 6.35. The third-order valence-corrected chi connectivity index (χ3v) is 3.36. The monoisotopic (exact) mass is 235 g/mol. The second-order valence-electron chi connectivity index (χ2n) is 4.56. The summed E-state index contributed by atoms with van der Waals surface area (Å²) in [6.45, 7) is 4.32. The molecule has 3 nitrogen and oxygen atoms in total. The molecule has 2 unspecified atom stereocenters. The average molecular weight is 235 g/mol. The Morgan fingerprint density at radius 1 is 1.47 bits per heavy atom. The lowest BCUT2D eigenvalue weighted by molar-refractivity contribution is 0.170. The zero-order valence-corrected chi connectivity index (χ0v) is 10.4. The molecule has 0 bridgehead atoms. The van der Waals surface area contributed by atoms with Crippen LogP contribution in [0.4, 0.5) is 0 Å². The van der Waals surface area contributed by atoms with E-state index in [1.54, 1.807) is 0 Å². The Labute approximate surface area is 103 Å². The fourth-order valence-electron chi connectivity index (χ4n) is 2.15. The number of hydrogen-bond acceptors (Lipinski definition) is 3. The fourth-order valence-corrected chi connectivity index (χ4v) is 2.15. The molecule has 2 N–H and O–H groups in total. The summed E-state index contributed by atoms with van der Waals surface area (Å²) >= 11 is 0. The molecule has 0 aromatic heterocycles. The Bertz CT molecular complexity index is 348. The minimum absolute atomic E-state index is 0.0717. The first-order valence-corrected chi connectivity index (χ1v) is 6.35. The average Bonchev–Trinajstić information content (AvgIpc) is 2.90. The zero-order valence-electron chi connectivity index (χ0n) is 10.4.